The van der Waals surface area contributed by atoms with E-state index < -0.39 is 54.0 Å². The Labute approximate surface area is 291 Å². The number of hydrogen-bond acceptors (Lipinski definition) is 7. The molecule has 1 aliphatic rings. The Morgan fingerprint density at radius 1 is 0.760 bits per heavy atom. The number of nitrogens with one attached hydrogen (secondary N) is 3. The first-order chi connectivity index (χ1) is 24.0. The Morgan fingerprint density at radius 3 is 2.04 bits per heavy atom. The van der Waals surface area contributed by atoms with Crippen LogP contribution in [0.2, 0.25) is 0 Å². The largest absolute Gasteiger partial charge is 0.458 e. The Hall–Kier alpha value is -5.97. The minimum Gasteiger partial charge on any atom is -0.458 e. The van der Waals surface area contributed by atoms with Gasteiger partial charge in [0.15, 0.2) is 0 Å². The lowest BCUT2D eigenvalue weighted by Gasteiger charge is -2.32. The van der Waals surface area contributed by atoms with E-state index in [0.29, 0.717) is 16.9 Å². The van der Waals surface area contributed by atoms with Crippen molar-refractivity contribution in [3.63, 3.8) is 0 Å². The number of carbonyl (C=O) groups is 5. The van der Waals surface area contributed by atoms with E-state index in [2.05, 4.69) is 16.0 Å². The quantitative estimate of drug-likeness (QED) is 0.172. The second-order valence-electron chi connectivity index (χ2n) is 12.9. The highest BCUT2D eigenvalue weighted by Crippen LogP contribution is 2.42. The first-order valence-electron chi connectivity index (χ1n) is 16.3. The molecule has 0 saturated carbocycles. The molecular formula is C39H40N4O7. The summed E-state index contributed by atoms with van der Waals surface area (Å²) in [6.45, 7) is 4.79. The van der Waals surface area contributed by atoms with Crippen molar-refractivity contribution in [2.75, 3.05) is 17.2 Å². The van der Waals surface area contributed by atoms with Gasteiger partial charge in [-0.2, -0.15) is 0 Å². The molecule has 4 aromatic rings. The van der Waals surface area contributed by atoms with Crippen LogP contribution >= 0.6 is 0 Å². The summed E-state index contributed by atoms with van der Waals surface area (Å²) < 4.78 is 11.1. The fraction of sp³-hybridized carbons (Fsp3) is 0.256. The second kappa shape index (κ2) is 16.0. The summed E-state index contributed by atoms with van der Waals surface area (Å²) in [6, 6.07) is 30.8. The number of likely N-dealkylation sites (tertiary alicyclic amines) is 1. The van der Waals surface area contributed by atoms with E-state index in [-0.39, 0.29) is 24.5 Å². The molecule has 11 nitrogen and oxygen atoms in total. The van der Waals surface area contributed by atoms with Gasteiger partial charge in [0, 0.05) is 11.4 Å². The molecule has 3 unspecified atom stereocenters. The van der Waals surface area contributed by atoms with E-state index in [1.807, 2.05) is 42.5 Å². The molecule has 1 heterocycles. The average molecular weight is 677 g/mol. The van der Waals surface area contributed by atoms with E-state index in [0.717, 1.165) is 5.56 Å². The van der Waals surface area contributed by atoms with Crippen molar-refractivity contribution in [3.8, 4) is 0 Å². The lowest BCUT2D eigenvalue weighted by Crippen LogP contribution is -2.48. The SMILES string of the molecule is CC(C)(C)OC(=O)C1CC(C(=O)Nc2ccccc2)C(c2ccccc2)N1C(=O)CNC(=O)Nc1cccc(C(=O)OCc2ccccc2)c1. The lowest BCUT2D eigenvalue weighted by atomic mass is 9.92. The number of hydrogen-bond donors (Lipinski definition) is 3. The molecule has 258 valence electrons. The molecule has 1 fully saturated rings. The van der Waals surface area contributed by atoms with E-state index in [9.17, 15) is 24.0 Å². The van der Waals surface area contributed by atoms with Crippen molar-refractivity contribution >= 4 is 41.2 Å². The van der Waals surface area contributed by atoms with E-state index in [1.54, 1.807) is 87.5 Å². The molecule has 50 heavy (non-hydrogen) atoms. The smallest absolute Gasteiger partial charge is 0.338 e. The van der Waals surface area contributed by atoms with E-state index >= 15 is 0 Å². The Bertz CT molecular complexity index is 1810. The second-order valence-corrected chi connectivity index (χ2v) is 12.9. The summed E-state index contributed by atoms with van der Waals surface area (Å²) in [4.78, 5) is 68.3. The fourth-order valence-electron chi connectivity index (χ4n) is 5.78. The fourth-order valence-corrected chi connectivity index (χ4v) is 5.78. The summed E-state index contributed by atoms with van der Waals surface area (Å²) in [5.41, 5.74) is 1.76. The van der Waals surface area contributed by atoms with Gasteiger partial charge in [0.05, 0.1) is 24.1 Å². The molecule has 3 N–H and O–H groups in total. The molecule has 0 radical (unpaired) electrons. The number of ether oxygens (including phenoxy) is 2. The molecule has 0 aliphatic carbocycles. The van der Waals surface area contributed by atoms with Crippen LogP contribution in [0.4, 0.5) is 16.2 Å². The van der Waals surface area contributed by atoms with Crippen LogP contribution in [-0.4, -0.2) is 52.9 Å². The summed E-state index contributed by atoms with van der Waals surface area (Å²) in [7, 11) is 0. The molecule has 4 amide bonds. The van der Waals surface area contributed by atoms with Gasteiger partial charge in [-0.05, 0) is 68.7 Å². The minimum absolute atomic E-state index is 0.0121. The van der Waals surface area contributed by atoms with Crippen molar-refractivity contribution in [1.82, 2.24) is 10.2 Å². The predicted octanol–water partition coefficient (Wildman–Crippen LogP) is 6.10. The highest BCUT2D eigenvalue weighted by molar-refractivity contribution is 5.98. The molecule has 1 saturated heterocycles. The normalized spacial score (nSPS) is 16.9. The van der Waals surface area contributed by atoms with Gasteiger partial charge in [0.25, 0.3) is 0 Å². The number of amides is 4. The average Bonchev–Trinajstić information content (AvgIpc) is 3.52. The van der Waals surface area contributed by atoms with E-state index in [4.69, 9.17) is 9.47 Å². The summed E-state index contributed by atoms with van der Waals surface area (Å²) in [6.07, 6.45) is 0.0121. The van der Waals surface area contributed by atoms with Crippen LogP contribution in [0.3, 0.4) is 0 Å². The van der Waals surface area contributed by atoms with Crippen LogP contribution in [0.1, 0.15) is 54.7 Å². The van der Waals surface area contributed by atoms with Crippen LogP contribution in [0.5, 0.6) is 0 Å². The van der Waals surface area contributed by atoms with Crippen molar-refractivity contribution in [3.05, 3.63) is 132 Å². The van der Waals surface area contributed by atoms with Crippen molar-refractivity contribution in [1.29, 1.82) is 0 Å². The van der Waals surface area contributed by atoms with Gasteiger partial charge in [-0.3, -0.25) is 9.59 Å². The third-order valence-electron chi connectivity index (χ3n) is 7.95. The maximum atomic E-state index is 14.0. The number of benzene rings is 4. The third-order valence-corrected chi connectivity index (χ3v) is 7.95. The number of anilines is 2. The summed E-state index contributed by atoms with van der Waals surface area (Å²) in [5, 5.41) is 8.11. The zero-order chi connectivity index (χ0) is 35.7. The molecule has 0 aromatic heterocycles. The molecule has 1 aliphatic heterocycles. The Kier molecular flexibility index (Phi) is 11.3. The molecule has 11 heteroatoms. The zero-order valence-corrected chi connectivity index (χ0v) is 28.1. The van der Waals surface area contributed by atoms with Crippen molar-refractivity contribution < 1.29 is 33.4 Å². The Balaban J connectivity index is 1.31. The molecule has 3 atom stereocenters. The first kappa shape index (κ1) is 35.3. The van der Waals surface area contributed by atoms with Crippen LogP contribution in [0.25, 0.3) is 0 Å². The lowest BCUT2D eigenvalue weighted by molar-refractivity contribution is -0.164. The third kappa shape index (κ3) is 9.34. The minimum atomic E-state index is -1.10. The van der Waals surface area contributed by atoms with Crippen molar-refractivity contribution in [2.45, 2.75) is 51.5 Å². The van der Waals surface area contributed by atoms with Gasteiger partial charge in [0.1, 0.15) is 18.2 Å². The van der Waals surface area contributed by atoms with Gasteiger partial charge in [-0.15, -0.1) is 0 Å². The Morgan fingerprint density at radius 2 is 1.38 bits per heavy atom. The number of para-hydroxylation sites is 1. The number of nitrogens with zero attached hydrogens (tertiary/aromatic N) is 1. The van der Waals surface area contributed by atoms with Gasteiger partial charge in [-0.25, -0.2) is 14.4 Å². The monoisotopic (exact) mass is 676 g/mol. The van der Waals surface area contributed by atoms with Gasteiger partial charge < -0.3 is 30.3 Å². The molecule has 4 aromatic carbocycles. The predicted molar refractivity (Wildman–Crippen MR) is 188 cm³/mol. The number of rotatable bonds is 10. The summed E-state index contributed by atoms with van der Waals surface area (Å²) >= 11 is 0. The zero-order valence-electron chi connectivity index (χ0n) is 28.1. The molecule has 0 spiro atoms. The highest BCUT2D eigenvalue weighted by atomic mass is 16.6. The van der Waals surface area contributed by atoms with E-state index in [1.165, 1.54) is 11.0 Å². The number of esters is 2. The van der Waals surface area contributed by atoms with Crippen LogP contribution in [-0.2, 0) is 30.5 Å². The van der Waals surface area contributed by atoms with Gasteiger partial charge >= 0.3 is 18.0 Å². The van der Waals surface area contributed by atoms with Crippen LogP contribution < -0.4 is 16.0 Å². The molecule has 5 rings (SSSR count). The maximum absolute atomic E-state index is 14.0. The standard InChI is InChI=1S/C39H40N4O7/c1-39(2,3)50-37(47)32-23-31(35(45)41-29-19-11-6-12-20-29)34(27-16-9-5-10-17-27)43(32)33(44)24-40-38(48)42-30-21-13-18-28(22-30)36(46)49-25-26-14-7-4-8-15-26/h4-22,31-32,34H,23-25H2,1-3H3,(H,41,45)(H2,40,42,48). The van der Waals surface area contributed by atoms with Gasteiger partial charge in [0.2, 0.25) is 11.8 Å². The number of carbonyl (C=O) groups excluding carboxylic acids is 5. The van der Waals surface area contributed by atoms with Crippen LogP contribution in [0.15, 0.2) is 115 Å². The first-order valence-corrected chi connectivity index (χ1v) is 16.3. The van der Waals surface area contributed by atoms with Crippen molar-refractivity contribution in [2.24, 2.45) is 5.92 Å². The molecule has 0 bridgehead atoms. The highest BCUT2D eigenvalue weighted by Gasteiger charge is 2.51. The number of urea groups is 1. The van der Waals surface area contributed by atoms with Gasteiger partial charge in [-0.1, -0.05) is 84.9 Å². The topological polar surface area (TPSA) is 143 Å². The molecular weight excluding hydrogens is 636 g/mol. The van der Waals surface area contributed by atoms with Crippen LogP contribution in [0, 0.1) is 5.92 Å². The maximum Gasteiger partial charge on any atom is 0.338 e. The summed E-state index contributed by atoms with van der Waals surface area (Å²) in [5.74, 6) is -2.97.